The van der Waals surface area contributed by atoms with Crippen LogP contribution in [-0.2, 0) is 11.3 Å². The second kappa shape index (κ2) is 4.37. The van der Waals surface area contributed by atoms with Crippen LogP contribution in [0.2, 0.25) is 0 Å². The van der Waals surface area contributed by atoms with Crippen molar-refractivity contribution in [2.24, 2.45) is 0 Å². The summed E-state index contributed by atoms with van der Waals surface area (Å²) in [6.07, 6.45) is 0. The monoisotopic (exact) mass is 235 g/mol. The summed E-state index contributed by atoms with van der Waals surface area (Å²) in [6, 6.07) is 5.13. The Morgan fingerprint density at radius 2 is 2.18 bits per heavy atom. The van der Waals surface area contributed by atoms with Crippen LogP contribution in [-0.4, -0.2) is 5.91 Å². The van der Waals surface area contributed by atoms with Crippen LogP contribution in [0.3, 0.4) is 0 Å². The van der Waals surface area contributed by atoms with Gasteiger partial charge in [0.25, 0.3) is 0 Å². The van der Waals surface area contributed by atoms with Crippen LogP contribution in [0, 0.1) is 5.82 Å². The Morgan fingerprint density at radius 1 is 1.41 bits per heavy atom. The van der Waals surface area contributed by atoms with Crippen LogP contribution in [0.25, 0.3) is 11.0 Å². The van der Waals surface area contributed by atoms with E-state index in [1.807, 2.05) is 0 Å². The first kappa shape index (κ1) is 11.3. The van der Waals surface area contributed by atoms with Crippen LogP contribution in [0.15, 0.2) is 33.5 Å². The predicted molar refractivity (Wildman–Crippen MR) is 60.0 cm³/mol. The van der Waals surface area contributed by atoms with Gasteiger partial charge < -0.3 is 9.73 Å². The molecule has 5 heteroatoms. The van der Waals surface area contributed by atoms with E-state index in [-0.39, 0.29) is 12.5 Å². The highest BCUT2D eigenvalue weighted by Gasteiger charge is 2.07. The van der Waals surface area contributed by atoms with E-state index < -0.39 is 11.4 Å². The highest BCUT2D eigenvalue weighted by molar-refractivity contribution is 5.81. The van der Waals surface area contributed by atoms with Gasteiger partial charge in [0.1, 0.15) is 11.4 Å². The number of rotatable bonds is 2. The van der Waals surface area contributed by atoms with E-state index in [4.69, 9.17) is 4.42 Å². The largest absolute Gasteiger partial charge is 0.423 e. The summed E-state index contributed by atoms with van der Waals surface area (Å²) in [6.45, 7) is 1.54. The molecule has 0 fully saturated rings. The van der Waals surface area contributed by atoms with Crippen molar-refractivity contribution in [3.63, 3.8) is 0 Å². The first-order valence-electron chi connectivity index (χ1n) is 5.03. The average Bonchev–Trinajstić information content (AvgIpc) is 2.26. The molecule has 0 bridgehead atoms. The Hall–Kier alpha value is -2.17. The maximum absolute atomic E-state index is 13.1. The summed E-state index contributed by atoms with van der Waals surface area (Å²) < 4.78 is 18.0. The van der Waals surface area contributed by atoms with Crippen molar-refractivity contribution in [2.45, 2.75) is 13.5 Å². The average molecular weight is 235 g/mol. The fourth-order valence-corrected chi connectivity index (χ4v) is 1.57. The lowest BCUT2D eigenvalue weighted by Gasteiger charge is -2.05. The lowest BCUT2D eigenvalue weighted by atomic mass is 10.1. The van der Waals surface area contributed by atoms with Crippen LogP contribution >= 0.6 is 0 Å². The SMILES string of the molecule is CC(=O)NCc1cc(=O)oc2ccc(F)cc12. The molecule has 0 radical (unpaired) electrons. The summed E-state index contributed by atoms with van der Waals surface area (Å²) in [5, 5.41) is 3.04. The van der Waals surface area contributed by atoms with E-state index in [0.717, 1.165) is 0 Å². The number of carbonyl (C=O) groups excluding carboxylic acids is 1. The summed E-state index contributed by atoms with van der Waals surface area (Å²) in [5.41, 5.74) is 0.315. The molecule has 2 aromatic rings. The first-order valence-corrected chi connectivity index (χ1v) is 5.03. The van der Waals surface area contributed by atoms with Crippen molar-refractivity contribution in [1.29, 1.82) is 0 Å². The Labute approximate surface area is 96.1 Å². The molecule has 1 aromatic carbocycles. The zero-order valence-corrected chi connectivity index (χ0v) is 9.12. The van der Waals surface area contributed by atoms with Gasteiger partial charge >= 0.3 is 5.63 Å². The molecule has 2 rings (SSSR count). The molecular formula is C12H10FNO3. The van der Waals surface area contributed by atoms with Gasteiger partial charge in [-0.2, -0.15) is 0 Å². The molecule has 1 aromatic heterocycles. The topological polar surface area (TPSA) is 59.3 Å². The van der Waals surface area contributed by atoms with Gasteiger partial charge in [0.15, 0.2) is 0 Å². The highest BCUT2D eigenvalue weighted by Crippen LogP contribution is 2.18. The quantitative estimate of drug-likeness (QED) is 0.804. The minimum atomic E-state index is -0.524. The van der Waals surface area contributed by atoms with Crippen LogP contribution < -0.4 is 10.9 Å². The van der Waals surface area contributed by atoms with Crippen molar-refractivity contribution in [3.8, 4) is 0 Å². The zero-order chi connectivity index (χ0) is 12.4. The number of hydrogen-bond acceptors (Lipinski definition) is 3. The molecule has 1 heterocycles. The van der Waals surface area contributed by atoms with E-state index in [1.165, 1.54) is 31.2 Å². The van der Waals surface area contributed by atoms with Gasteiger partial charge in [-0.3, -0.25) is 4.79 Å². The third-order valence-electron chi connectivity index (χ3n) is 2.32. The van der Waals surface area contributed by atoms with Gasteiger partial charge in [0.05, 0.1) is 0 Å². The number of benzene rings is 1. The first-order chi connectivity index (χ1) is 8.06. The molecular weight excluding hydrogens is 225 g/mol. The minimum absolute atomic E-state index is 0.168. The van der Waals surface area contributed by atoms with E-state index in [9.17, 15) is 14.0 Å². The van der Waals surface area contributed by atoms with E-state index in [0.29, 0.717) is 16.5 Å². The Morgan fingerprint density at radius 3 is 2.88 bits per heavy atom. The number of halogens is 1. The Balaban J connectivity index is 2.55. The number of fused-ring (bicyclic) bond motifs is 1. The smallest absolute Gasteiger partial charge is 0.336 e. The third-order valence-corrected chi connectivity index (χ3v) is 2.32. The van der Waals surface area contributed by atoms with E-state index in [2.05, 4.69) is 5.32 Å². The molecule has 1 N–H and O–H groups in total. The fourth-order valence-electron chi connectivity index (χ4n) is 1.57. The minimum Gasteiger partial charge on any atom is -0.423 e. The van der Waals surface area contributed by atoms with Crippen molar-refractivity contribution in [2.75, 3.05) is 0 Å². The molecule has 0 unspecified atom stereocenters. The molecule has 0 aliphatic heterocycles. The fraction of sp³-hybridized carbons (Fsp3) is 0.167. The Bertz CT molecular complexity index is 633. The van der Waals surface area contributed by atoms with Crippen molar-refractivity contribution >= 4 is 16.9 Å². The van der Waals surface area contributed by atoms with E-state index >= 15 is 0 Å². The second-order valence-electron chi connectivity index (χ2n) is 3.64. The van der Waals surface area contributed by atoms with Gasteiger partial charge in [-0.1, -0.05) is 0 Å². The maximum Gasteiger partial charge on any atom is 0.336 e. The molecule has 4 nitrogen and oxygen atoms in total. The molecule has 0 aliphatic carbocycles. The van der Waals surface area contributed by atoms with Crippen LogP contribution in [0.5, 0.6) is 0 Å². The maximum atomic E-state index is 13.1. The predicted octanol–water partition coefficient (Wildman–Crippen LogP) is 1.57. The second-order valence-corrected chi connectivity index (χ2v) is 3.64. The molecule has 0 atom stereocenters. The summed E-state index contributed by atoms with van der Waals surface area (Å²) in [7, 11) is 0. The summed E-state index contributed by atoms with van der Waals surface area (Å²) in [4.78, 5) is 22.1. The molecule has 1 amide bonds. The lowest BCUT2D eigenvalue weighted by molar-refractivity contribution is -0.119. The highest BCUT2D eigenvalue weighted by atomic mass is 19.1. The van der Waals surface area contributed by atoms with Gasteiger partial charge in [-0.05, 0) is 23.8 Å². The van der Waals surface area contributed by atoms with Crippen molar-refractivity contribution in [1.82, 2.24) is 5.32 Å². The normalized spacial score (nSPS) is 10.5. The van der Waals surface area contributed by atoms with E-state index in [1.54, 1.807) is 0 Å². The molecule has 88 valence electrons. The number of carbonyl (C=O) groups is 1. The molecule has 0 saturated heterocycles. The molecule has 0 aliphatic rings. The lowest BCUT2D eigenvalue weighted by Crippen LogP contribution is -2.20. The number of amides is 1. The van der Waals surface area contributed by atoms with Crippen molar-refractivity contribution < 1.29 is 13.6 Å². The molecule has 17 heavy (non-hydrogen) atoms. The van der Waals surface area contributed by atoms with Gasteiger partial charge in [-0.25, -0.2) is 9.18 Å². The third kappa shape index (κ3) is 2.50. The summed E-state index contributed by atoms with van der Waals surface area (Å²) in [5.74, 6) is -0.641. The summed E-state index contributed by atoms with van der Waals surface area (Å²) >= 11 is 0. The van der Waals surface area contributed by atoms with Crippen LogP contribution in [0.1, 0.15) is 12.5 Å². The zero-order valence-electron chi connectivity index (χ0n) is 9.12. The van der Waals surface area contributed by atoms with Gasteiger partial charge in [0.2, 0.25) is 5.91 Å². The molecule has 0 saturated carbocycles. The van der Waals surface area contributed by atoms with Gasteiger partial charge in [-0.15, -0.1) is 0 Å². The van der Waals surface area contributed by atoms with Crippen molar-refractivity contribution in [3.05, 3.63) is 46.1 Å². The number of nitrogens with one attached hydrogen (secondary N) is 1. The van der Waals surface area contributed by atoms with Gasteiger partial charge in [0, 0.05) is 24.9 Å². The number of hydrogen-bond donors (Lipinski definition) is 1. The molecule has 0 spiro atoms. The standard InChI is InChI=1S/C12H10FNO3/c1-7(15)14-6-8-4-12(16)17-11-3-2-9(13)5-10(8)11/h2-5H,6H2,1H3,(H,14,15). The Kier molecular flexibility index (Phi) is 2.91. The van der Waals surface area contributed by atoms with Crippen LogP contribution in [0.4, 0.5) is 4.39 Å².